The van der Waals surface area contributed by atoms with Crippen LogP contribution in [0.25, 0.3) is 0 Å². The van der Waals surface area contributed by atoms with Gasteiger partial charge in [-0.3, -0.25) is 0 Å². The van der Waals surface area contributed by atoms with Gasteiger partial charge in [0.15, 0.2) is 0 Å². The zero-order chi connectivity index (χ0) is 18.8. The van der Waals surface area contributed by atoms with Crippen LogP contribution < -0.4 is 4.43 Å². The van der Waals surface area contributed by atoms with Crippen molar-refractivity contribution in [3.8, 4) is 0 Å². The second-order valence-corrected chi connectivity index (χ2v) is 119. The van der Waals surface area contributed by atoms with Gasteiger partial charge in [0.25, 0.3) is 0 Å². The number of halogens is 13. The monoisotopic (exact) mass is 843 g/mol. The standard InChI is InChI=1S/C6H4Br.Al.12ClH.2Sb/c7-6-4-2-1-3-5-6;;;;;;;;;;;;;;;/h2-5H;;12*1H;;/q;+2;;;;;;;;;;;;;2*+5/p-12. The van der Waals surface area contributed by atoms with Gasteiger partial charge >= 0.3 is 190 Å². The Hall–Kier alpha value is 5.35. The quantitative estimate of drug-likeness (QED) is 0.229. The normalized spacial score (nSPS) is 18.1. The van der Waals surface area contributed by atoms with Crippen LogP contribution in [-0.4, -0.2) is 34.6 Å². The molecule has 16 heteroatoms. The third kappa shape index (κ3) is 63.8. The number of hydrogen-bond acceptors (Lipinski definition) is 0. The maximum absolute atomic E-state index is 5.42. The van der Waals surface area contributed by atoms with Crippen molar-refractivity contribution in [2.24, 2.45) is 0 Å². The fourth-order valence-electron chi connectivity index (χ4n) is 0.463. The molecule has 0 saturated carbocycles. The van der Waals surface area contributed by atoms with Gasteiger partial charge in [0.1, 0.15) is 0 Å². The van der Waals surface area contributed by atoms with Crippen molar-refractivity contribution in [1.29, 1.82) is 0 Å². The molecule has 0 aliphatic carbocycles. The minimum atomic E-state index is -5.42. The van der Waals surface area contributed by atoms with Crippen LogP contribution in [0.15, 0.2) is 28.7 Å². The van der Waals surface area contributed by atoms with E-state index in [1.807, 2.05) is 24.3 Å². The average Bonchev–Trinajstić information content (AvgIpc) is 1.98. The summed E-state index contributed by atoms with van der Waals surface area (Å²) in [6, 6.07) is 8.11. The van der Waals surface area contributed by atoms with E-state index in [1.165, 1.54) is 4.43 Å². The first kappa shape index (κ1) is 29.5. The van der Waals surface area contributed by atoms with Crippen LogP contribution in [0.4, 0.5) is 0 Å². The Labute approximate surface area is 185 Å². The zero-order valence-corrected chi connectivity index (χ0v) is 26.6. The topological polar surface area (TPSA) is 0 Å². The van der Waals surface area contributed by atoms with E-state index in [2.05, 4.69) is 32.2 Å². The van der Waals surface area contributed by atoms with Crippen molar-refractivity contribution in [2.75, 3.05) is 0 Å². The first-order chi connectivity index (χ1) is 8.69. The van der Waals surface area contributed by atoms with Crippen LogP contribution in [0.3, 0.4) is 0 Å². The van der Waals surface area contributed by atoms with Crippen molar-refractivity contribution in [3.63, 3.8) is 0 Å². The molecule has 0 nitrogen and oxygen atoms in total. The van der Waals surface area contributed by atoms with Crippen LogP contribution in [0, 0.1) is 0 Å². The maximum atomic E-state index is 5.06. The Morgan fingerprint density at radius 2 is 0.773 bits per heavy atom. The molecule has 1 aromatic rings. The summed E-state index contributed by atoms with van der Waals surface area (Å²) < 4.78 is 2.34. The Kier molecular flexibility index (Phi) is 11.1. The van der Waals surface area contributed by atoms with E-state index < -0.39 is 18.3 Å². The number of rotatable bonds is 0. The second kappa shape index (κ2) is 8.23. The molecule has 0 heterocycles. The molecular formula is C6H4AlBrCl12Sb2. The van der Waals surface area contributed by atoms with Crippen LogP contribution in [-0.2, 0) is 0 Å². The molecular weight excluding hydrogens is 848 g/mol. The number of hydrogen-bond donors (Lipinski definition) is 0. The molecule has 0 atom stereocenters. The summed E-state index contributed by atoms with van der Waals surface area (Å²) in [6.07, 6.45) is 0. The minimum absolute atomic E-state index is 1.13. The molecule has 132 valence electrons. The summed E-state index contributed by atoms with van der Waals surface area (Å²) >= 11 is 5.97. The third-order valence-electron chi connectivity index (χ3n) is 0.870. The van der Waals surface area contributed by atoms with Gasteiger partial charge in [-0.05, 0) is 0 Å². The van der Waals surface area contributed by atoms with Gasteiger partial charge in [0.05, 0.1) is 0 Å². The van der Waals surface area contributed by atoms with E-state index >= 15 is 0 Å². The van der Waals surface area contributed by atoms with E-state index in [9.17, 15) is 0 Å². The summed E-state index contributed by atoms with van der Waals surface area (Å²) in [6.45, 7) is 0. The summed E-state index contributed by atoms with van der Waals surface area (Å²) in [5, 5.41) is 0. The van der Waals surface area contributed by atoms with E-state index in [1.54, 1.807) is 0 Å². The molecule has 0 aliphatic rings. The fraction of sp³-hybridized carbons (Fsp3) is 0. The van der Waals surface area contributed by atoms with Crippen LogP contribution in [0.1, 0.15) is 0 Å². The van der Waals surface area contributed by atoms with E-state index in [4.69, 9.17) is 106 Å². The summed E-state index contributed by atoms with van der Waals surface area (Å²) in [7, 11) is 49.9. The van der Waals surface area contributed by atoms with E-state index in [0.29, 0.717) is 0 Å². The van der Waals surface area contributed by atoms with Crippen molar-refractivity contribution >= 4 is 161 Å². The molecule has 0 bridgehead atoms. The average molecular weight is 852 g/mol. The van der Waals surface area contributed by atoms with Gasteiger partial charge in [-0.1, -0.05) is 0 Å². The molecule has 0 N–H and O–H groups in total. The molecule has 0 aromatic heterocycles. The zero-order valence-electron chi connectivity index (χ0n) is 9.69. The van der Waals surface area contributed by atoms with E-state index in [0.717, 1.165) is 4.47 Å². The van der Waals surface area contributed by atoms with Gasteiger partial charge in [0.2, 0.25) is 0 Å². The van der Waals surface area contributed by atoms with Gasteiger partial charge in [-0.15, -0.1) is 0 Å². The predicted molar refractivity (Wildman–Crippen MR) is 121 cm³/mol. The summed E-state index contributed by atoms with van der Waals surface area (Å²) in [5.41, 5.74) is 0. The summed E-state index contributed by atoms with van der Waals surface area (Å²) in [4.78, 5) is 0. The first-order valence-corrected chi connectivity index (χ1v) is 44.5. The molecule has 1 aromatic carbocycles. The molecule has 0 amide bonds. The van der Waals surface area contributed by atoms with Crippen molar-refractivity contribution < 1.29 is 0 Å². The first-order valence-electron chi connectivity index (χ1n) is 4.33. The molecule has 0 aliphatic heterocycles. The predicted octanol–water partition coefficient (Wildman–Crippen LogP) is 8.76. The van der Waals surface area contributed by atoms with Crippen LogP contribution in [0.2, 0.25) is 0 Å². The molecule has 0 saturated heterocycles. The Bertz CT molecular complexity index is 425. The third-order valence-corrected chi connectivity index (χ3v) is 1.78. The molecule has 0 fully saturated rings. The van der Waals surface area contributed by atoms with Gasteiger partial charge in [0, 0.05) is 0 Å². The molecule has 1 rings (SSSR count). The molecule has 0 radical (unpaired) electrons. The van der Waals surface area contributed by atoms with E-state index in [-0.39, 0.29) is 0 Å². The number of benzene rings is 1. The van der Waals surface area contributed by atoms with Gasteiger partial charge in [-0.2, -0.15) is 0 Å². The molecule has 22 heavy (non-hydrogen) atoms. The van der Waals surface area contributed by atoms with Gasteiger partial charge in [-0.25, -0.2) is 0 Å². The summed E-state index contributed by atoms with van der Waals surface area (Å²) in [5.74, 6) is 0. The van der Waals surface area contributed by atoms with Crippen molar-refractivity contribution in [2.45, 2.75) is 0 Å². The van der Waals surface area contributed by atoms with Crippen molar-refractivity contribution in [3.05, 3.63) is 28.7 Å². The van der Waals surface area contributed by atoms with Gasteiger partial charge < -0.3 is 0 Å². The molecule has 0 spiro atoms. The Morgan fingerprint density at radius 1 is 0.591 bits per heavy atom. The molecule has 0 unspecified atom stereocenters. The fourth-order valence-corrected chi connectivity index (χ4v) is 0.920. The van der Waals surface area contributed by atoms with Crippen molar-refractivity contribution in [1.82, 2.24) is 0 Å². The van der Waals surface area contributed by atoms with Crippen LogP contribution in [0.5, 0.6) is 0 Å². The second-order valence-electron chi connectivity index (χ2n) is 3.47. The SMILES string of the molecule is [Al+2][c]1ccc(Br)cc1.[Cl][Sb-]([Cl])([Cl])([Cl])([Cl])[Cl].[Cl][Sb-]([Cl])([Cl])([Cl])([Cl])[Cl]. The Morgan fingerprint density at radius 3 is 0.909 bits per heavy atom. The Balaban J connectivity index is 0. The van der Waals surface area contributed by atoms with Crippen LogP contribution >= 0.6 is 122 Å².